The fraction of sp³-hybridized carbons (Fsp3) is 0.231. The molecule has 6 nitrogen and oxygen atoms in total. The van der Waals surface area contributed by atoms with Crippen LogP contribution in [0, 0.1) is 6.92 Å². The van der Waals surface area contributed by atoms with Crippen LogP contribution in [0.15, 0.2) is 33.7 Å². The molecule has 110 valence electrons. The van der Waals surface area contributed by atoms with Gasteiger partial charge in [0.2, 0.25) is 0 Å². The van der Waals surface area contributed by atoms with Crippen LogP contribution in [-0.4, -0.2) is 32.7 Å². The van der Waals surface area contributed by atoms with Gasteiger partial charge in [-0.3, -0.25) is 4.79 Å². The van der Waals surface area contributed by atoms with Crippen LogP contribution < -0.4 is 5.43 Å². The quantitative estimate of drug-likeness (QED) is 0.500. The molecule has 1 aromatic carbocycles. The number of thioether (sulfide) groups is 1. The van der Waals surface area contributed by atoms with Crippen molar-refractivity contribution < 1.29 is 9.90 Å². The van der Waals surface area contributed by atoms with Crippen molar-refractivity contribution in [1.82, 2.24) is 15.6 Å². The molecule has 0 saturated carbocycles. The minimum Gasteiger partial charge on any atom is -0.508 e. The predicted octanol–water partition coefficient (Wildman–Crippen LogP) is 2.18. The van der Waals surface area contributed by atoms with Gasteiger partial charge in [0.1, 0.15) is 10.8 Å². The number of aryl methyl sites for hydroxylation is 1. The van der Waals surface area contributed by atoms with Gasteiger partial charge in [-0.1, -0.05) is 35.2 Å². The van der Waals surface area contributed by atoms with Gasteiger partial charge >= 0.3 is 0 Å². The zero-order valence-corrected chi connectivity index (χ0v) is 13.2. The van der Waals surface area contributed by atoms with E-state index in [0.717, 1.165) is 14.9 Å². The van der Waals surface area contributed by atoms with E-state index in [4.69, 9.17) is 0 Å². The summed E-state index contributed by atoms with van der Waals surface area (Å²) < 4.78 is 0.760. The molecule has 0 fully saturated rings. The molecule has 0 bridgehead atoms. The molecule has 0 saturated heterocycles. The maximum absolute atomic E-state index is 11.7. The fourth-order valence-corrected chi connectivity index (χ4v) is 3.05. The van der Waals surface area contributed by atoms with Gasteiger partial charge in [-0.2, -0.15) is 5.10 Å². The van der Waals surface area contributed by atoms with Crippen molar-refractivity contribution >= 4 is 34.7 Å². The first-order valence-corrected chi connectivity index (χ1v) is 7.90. The molecule has 1 aromatic heterocycles. The van der Waals surface area contributed by atoms with Crippen LogP contribution in [0.5, 0.6) is 5.75 Å². The van der Waals surface area contributed by atoms with Crippen LogP contribution in [0.2, 0.25) is 0 Å². The van der Waals surface area contributed by atoms with E-state index in [0.29, 0.717) is 5.71 Å². The Morgan fingerprint density at radius 3 is 2.95 bits per heavy atom. The minimum absolute atomic E-state index is 0.163. The summed E-state index contributed by atoms with van der Waals surface area (Å²) in [5.41, 5.74) is 3.85. The van der Waals surface area contributed by atoms with E-state index in [-0.39, 0.29) is 17.4 Å². The van der Waals surface area contributed by atoms with E-state index in [1.807, 2.05) is 13.0 Å². The van der Waals surface area contributed by atoms with Gasteiger partial charge in [-0.25, -0.2) is 5.43 Å². The zero-order valence-electron chi connectivity index (χ0n) is 11.5. The van der Waals surface area contributed by atoms with E-state index < -0.39 is 0 Å². The molecule has 0 aliphatic carbocycles. The molecule has 2 N–H and O–H groups in total. The average Bonchev–Trinajstić information content (AvgIpc) is 2.88. The third-order valence-electron chi connectivity index (χ3n) is 2.45. The lowest BCUT2D eigenvalue weighted by Gasteiger charge is -2.02. The third kappa shape index (κ3) is 4.83. The second-order valence-electron chi connectivity index (χ2n) is 4.16. The topological polar surface area (TPSA) is 87.5 Å². The number of phenols is 1. The highest BCUT2D eigenvalue weighted by molar-refractivity contribution is 8.01. The molecular formula is C13H14N4O2S2. The van der Waals surface area contributed by atoms with Crippen LogP contribution in [0.1, 0.15) is 17.5 Å². The summed E-state index contributed by atoms with van der Waals surface area (Å²) in [7, 11) is 0. The molecule has 0 atom stereocenters. The highest BCUT2D eigenvalue weighted by Gasteiger charge is 2.06. The molecule has 8 heteroatoms. The van der Waals surface area contributed by atoms with Crippen molar-refractivity contribution in [2.45, 2.75) is 18.2 Å². The third-order valence-corrected chi connectivity index (χ3v) is 4.42. The minimum atomic E-state index is -0.215. The molecular weight excluding hydrogens is 308 g/mol. The molecule has 1 heterocycles. The van der Waals surface area contributed by atoms with Gasteiger partial charge < -0.3 is 5.11 Å². The van der Waals surface area contributed by atoms with Crippen molar-refractivity contribution in [3.8, 4) is 5.75 Å². The number of phenolic OH excluding ortho intramolecular Hbond substituents is 1. The smallest absolute Gasteiger partial charge is 0.250 e. The van der Waals surface area contributed by atoms with Gasteiger partial charge in [0, 0.05) is 5.56 Å². The lowest BCUT2D eigenvalue weighted by Crippen LogP contribution is -2.21. The monoisotopic (exact) mass is 322 g/mol. The first-order valence-electron chi connectivity index (χ1n) is 6.10. The Bertz CT molecular complexity index is 670. The van der Waals surface area contributed by atoms with Crippen molar-refractivity contribution in [3.05, 3.63) is 34.8 Å². The van der Waals surface area contributed by atoms with Gasteiger partial charge in [0.15, 0.2) is 4.34 Å². The Kier molecular flexibility index (Phi) is 5.29. The number of benzene rings is 1. The normalized spacial score (nSPS) is 11.4. The molecule has 0 unspecified atom stereocenters. The highest BCUT2D eigenvalue weighted by atomic mass is 32.2. The van der Waals surface area contributed by atoms with E-state index in [1.54, 1.807) is 25.1 Å². The van der Waals surface area contributed by atoms with Gasteiger partial charge in [-0.05, 0) is 26.0 Å². The average molecular weight is 322 g/mol. The molecule has 0 aliphatic heterocycles. The van der Waals surface area contributed by atoms with E-state index in [2.05, 4.69) is 20.7 Å². The Balaban J connectivity index is 1.86. The maximum Gasteiger partial charge on any atom is 0.250 e. The lowest BCUT2D eigenvalue weighted by atomic mass is 10.1. The molecule has 0 spiro atoms. The number of amides is 1. The highest BCUT2D eigenvalue weighted by Crippen LogP contribution is 2.21. The molecule has 1 amide bonds. The summed E-state index contributed by atoms with van der Waals surface area (Å²) in [6.45, 7) is 3.63. The number of aromatic hydroxyl groups is 1. The maximum atomic E-state index is 11.7. The number of hydrazone groups is 1. The number of aromatic nitrogens is 2. The summed E-state index contributed by atoms with van der Waals surface area (Å²) >= 11 is 2.77. The van der Waals surface area contributed by atoms with Crippen LogP contribution >= 0.6 is 23.1 Å². The van der Waals surface area contributed by atoms with Crippen LogP contribution in [0.25, 0.3) is 0 Å². The van der Waals surface area contributed by atoms with Gasteiger partial charge in [0.25, 0.3) is 5.91 Å². The van der Waals surface area contributed by atoms with Crippen LogP contribution in [0.4, 0.5) is 0 Å². The standard InChI is InChI=1S/C13H14N4O2S2/c1-8(10-4-3-5-11(18)6-10)14-16-12(19)7-20-13-17-15-9(2)21-13/h3-6,18H,7H2,1-2H3,(H,16,19)/b14-8+. The Labute approximate surface area is 130 Å². The second-order valence-corrected chi connectivity index (χ2v) is 6.56. The van der Waals surface area contributed by atoms with E-state index in [9.17, 15) is 9.90 Å². The number of nitrogens with one attached hydrogen (secondary N) is 1. The summed E-state index contributed by atoms with van der Waals surface area (Å²) in [5.74, 6) is 0.175. The Morgan fingerprint density at radius 2 is 2.29 bits per heavy atom. The number of carbonyl (C=O) groups is 1. The number of hydrogen-bond donors (Lipinski definition) is 2. The van der Waals surface area contributed by atoms with Crippen molar-refractivity contribution in [2.24, 2.45) is 5.10 Å². The molecule has 2 rings (SSSR count). The fourth-order valence-electron chi connectivity index (χ4n) is 1.44. The largest absolute Gasteiger partial charge is 0.508 e. The zero-order chi connectivity index (χ0) is 15.2. The number of carbonyl (C=O) groups excluding carboxylic acids is 1. The van der Waals surface area contributed by atoms with Gasteiger partial charge in [0.05, 0.1) is 11.5 Å². The summed E-state index contributed by atoms with van der Waals surface area (Å²) in [5, 5.41) is 22.1. The first-order chi connectivity index (χ1) is 10.0. The van der Waals surface area contributed by atoms with Gasteiger partial charge in [-0.15, -0.1) is 10.2 Å². The van der Waals surface area contributed by atoms with Crippen LogP contribution in [0.3, 0.4) is 0 Å². The van der Waals surface area contributed by atoms with Crippen molar-refractivity contribution in [1.29, 1.82) is 0 Å². The lowest BCUT2D eigenvalue weighted by molar-refractivity contribution is -0.118. The Morgan fingerprint density at radius 1 is 1.48 bits per heavy atom. The SMILES string of the molecule is C/C(=N\NC(=O)CSc1nnc(C)s1)c1cccc(O)c1. The number of rotatable bonds is 5. The summed E-state index contributed by atoms with van der Waals surface area (Å²) in [6, 6.07) is 6.70. The second kappa shape index (κ2) is 7.19. The van der Waals surface area contributed by atoms with Crippen molar-refractivity contribution in [3.63, 3.8) is 0 Å². The molecule has 21 heavy (non-hydrogen) atoms. The first kappa shape index (κ1) is 15.5. The number of nitrogens with zero attached hydrogens (tertiary/aromatic N) is 3. The van der Waals surface area contributed by atoms with E-state index in [1.165, 1.54) is 23.1 Å². The van der Waals surface area contributed by atoms with E-state index >= 15 is 0 Å². The molecule has 2 aromatic rings. The predicted molar refractivity (Wildman–Crippen MR) is 83.8 cm³/mol. The van der Waals surface area contributed by atoms with Crippen LogP contribution in [-0.2, 0) is 4.79 Å². The van der Waals surface area contributed by atoms with Crippen molar-refractivity contribution in [2.75, 3.05) is 5.75 Å². The summed E-state index contributed by atoms with van der Waals surface area (Å²) in [6.07, 6.45) is 0. The molecule has 0 aliphatic rings. The molecule has 0 radical (unpaired) electrons. The number of hydrogen-bond acceptors (Lipinski definition) is 7. The summed E-state index contributed by atoms with van der Waals surface area (Å²) in [4.78, 5) is 11.7. The Hall–Kier alpha value is -1.93.